The van der Waals surface area contributed by atoms with Crippen LogP contribution in [0, 0.1) is 5.92 Å². The third kappa shape index (κ3) is 4.02. The number of nitrogens with zero attached hydrogens (tertiary/aromatic N) is 1. The van der Waals surface area contributed by atoms with Gasteiger partial charge < -0.3 is 15.2 Å². The highest BCUT2D eigenvalue weighted by molar-refractivity contribution is 5.87. The second kappa shape index (κ2) is 7.51. The number of hydrogen-bond acceptors (Lipinski definition) is 5. The highest BCUT2D eigenvalue weighted by Crippen LogP contribution is 2.16. The Bertz CT molecular complexity index is 676. The molecular weight excluding hydrogens is 284 g/mol. The maximum Gasteiger partial charge on any atom is 0.321 e. The van der Waals surface area contributed by atoms with Gasteiger partial charge in [0.2, 0.25) is 0 Å². The van der Waals surface area contributed by atoms with Crippen molar-refractivity contribution < 1.29 is 19.4 Å². The lowest BCUT2D eigenvalue weighted by atomic mass is 9.97. The minimum atomic E-state index is -0.928. The lowest BCUT2D eigenvalue weighted by Crippen LogP contribution is -2.37. The lowest BCUT2D eigenvalue weighted by Gasteiger charge is -2.10. The van der Waals surface area contributed by atoms with Crippen molar-refractivity contribution in [3.8, 4) is 0 Å². The number of aliphatic carboxylic acids is 1. The Morgan fingerprint density at radius 2 is 2.14 bits per heavy atom. The standard InChI is InChI=1S/C9H7NO.C7H11NO3/c1-2-4-9-8(3-1)7-11-6-5-10-9;1-4(9)5-2-3-8-6(5)7(10)11/h1-7H;5-6,8H,2-3H2,1H3,(H,10,11)/t;5?,6-/m.0/s1. The number of benzene rings is 1. The smallest absolute Gasteiger partial charge is 0.321 e. The Labute approximate surface area is 127 Å². The zero-order valence-electron chi connectivity index (χ0n) is 12.2. The Morgan fingerprint density at radius 3 is 2.82 bits per heavy atom. The summed E-state index contributed by atoms with van der Waals surface area (Å²) in [5, 5.41) is 13.3. The van der Waals surface area contributed by atoms with Gasteiger partial charge in [0.15, 0.2) is 0 Å². The van der Waals surface area contributed by atoms with Gasteiger partial charge in [0.05, 0.1) is 17.8 Å². The van der Waals surface area contributed by atoms with Gasteiger partial charge in [-0.05, 0) is 32.0 Å². The van der Waals surface area contributed by atoms with Crippen LogP contribution in [0.1, 0.15) is 13.3 Å². The number of carbonyl (C=O) groups excluding carboxylic acids is 1. The summed E-state index contributed by atoms with van der Waals surface area (Å²) >= 11 is 0. The first-order chi connectivity index (χ1) is 10.6. The normalized spacial score (nSPS) is 21.9. The molecule has 6 heteroatoms. The SMILES string of the molecule is C1=COC=c2ccccc2=N1.CC(=O)C1CCN[C@@H]1C(=O)O. The highest BCUT2D eigenvalue weighted by Gasteiger charge is 2.35. The summed E-state index contributed by atoms with van der Waals surface area (Å²) in [4.78, 5) is 25.5. The maximum atomic E-state index is 10.9. The number of para-hydroxylation sites is 1. The number of nitrogens with one attached hydrogen (secondary N) is 1. The number of ketones is 1. The Morgan fingerprint density at radius 1 is 1.36 bits per heavy atom. The summed E-state index contributed by atoms with van der Waals surface area (Å²) in [5.41, 5.74) is 0. The van der Waals surface area contributed by atoms with Gasteiger partial charge in [-0.2, -0.15) is 0 Å². The van der Waals surface area contributed by atoms with Crippen molar-refractivity contribution in [2.24, 2.45) is 10.9 Å². The fourth-order valence-corrected chi connectivity index (χ4v) is 2.36. The van der Waals surface area contributed by atoms with Crippen LogP contribution >= 0.6 is 0 Å². The molecule has 0 bridgehead atoms. The van der Waals surface area contributed by atoms with E-state index < -0.39 is 12.0 Å². The summed E-state index contributed by atoms with van der Waals surface area (Å²) in [7, 11) is 0. The molecule has 0 aromatic heterocycles. The van der Waals surface area contributed by atoms with E-state index in [0.29, 0.717) is 13.0 Å². The molecule has 2 aliphatic rings. The average molecular weight is 302 g/mol. The van der Waals surface area contributed by atoms with Crippen LogP contribution in [0.25, 0.3) is 6.26 Å². The van der Waals surface area contributed by atoms with Crippen molar-refractivity contribution in [3.05, 3.63) is 47.3 Å². The molecule has 2 aliphatic heterocycles. The summed E-state index contributed by atoms with van der Waals surface area (Å²) in [6.07, 6.45) is 5.52. The van der Waals surface area contributed by atoms with Crippen LogP contribution in [0.15, 0.2) is 41.7 Å². The van der Waals surface area contributed by atoms with E-state index in [-0.39, 0.29) is 11.7 Å². The third-order valence-corrected chi connectivity index (χ3v) is 3.49. The van der Waals surface area contributed by atoms with E-state index in [1.54, 1.807) is 18.7 Å². The number of Topliss-reactive ketones (excluding diaryl/α,β-unsaturated/α-hetero) is 1. The third-order valence-electron chi connectivity index (χ3n) is 3.49. The fraction of sp³-hybridized carbons (Fsp3) is 0.312. The molecule has 1 fully saturated rings. The van der Waals surface area contributed by atoms with Gasteiger partial charge in [0.1, 0.15) is 18.1 Å². The number of rotatable bonds is 2. The quantitative estimate of drug-likeness (QED) is 0.814. The molecule has 2 heterocycles. The van der Waals surface area contributed by atoms with Crippen LogP contribution in [0.4, 0.5) is 0 Å². The molecular formula is C16H18N2O4. The molecule has 1 aromatic rings. The number of hydrogen-bond donors (Lipinski definition) is 2. The van der Waals surface area contributed by atoms with Crippen molar-refractivity contribution in [2.45, 2.75) is 19.4 Å². The van der Waals surface area contributed by atoms with E-state index in [2.05, 4.69) is 10.3 Å². The number of ether oxygens (including phenoxy) is 1. The average Bonchev–Trinajstić information content (AvgIpc) is 2.88. The first-order valence-corrected chi connectivity index (χ1v) is 7.00. The molecule has 116 valence electrons. The van der Waals surface area contributed by atoms with Gasteiger partial charge >= 0.3 is 5.97 Å². The van der Waals surface area contributed by atoms with Crippen molar-refractivity contribution in [2.75, 3.05) is 6.54 Å². The largest absolute Gasteiger partial charge is 0.480 e. The first-order valence-electron chi connectivity index (χ1n) is 7.00. The van der Waals surface area contributed by atoms with Crippen LogP contribution in [-0.4, -0.2) is 29.4 Å². The van der Waals surface area contributed by atoms with E-state index >= 15 is 0 Å². The molecule has 0 aliphatic carbocycles. The molecule has 6 nitrogen and oxygen atoms in total. The van der Waals surface area contributed by atoms with Crippen LogP contribution < -0.4 is 15.9 Å². The van der Waals surface area contributed by atoms with Gasteiger partial charge in [-0.25, -0.2) is 0 Å². The second-order valence-corrected chi connectivity index (χ2v) is 5.00. The molecule has 2 atom stereocenters. The summed E-state index contributed by atoms with van der Waals surface area (Å²) in [5.74, 6) is -1.29. The molecule has 0 amide bonds. The van der Waals surface area contributed by atoms with Gasteiger partial charge in [0.25, 0.3) is 0 Å². The molecule has 0 saturated carbocycles. The van der Waals surface area contributed by atoms with E-state index in [4.69, 9.17) is 9.84 Å². The van der Waals surface area contributed by atoms with Gasteiger partial charge in [0, 0.05) is 11.1 Å². The number of carbonyl (C=O) groups is 2. The van der Waals surface area contributed by atoms with E-state index in [1.807, 2.05) is 24.3 Å². The van der Waals surface area contributed by atoms with Crippen molar-refractivity contribution >= 4 is 18.0 Å². The van der Waals surface area contributed by atoms with Crippen LogP contribution in [0.5, 0.6) is 0 Å². The summed E-state index contributed by atoms with van der Waals surface area (Å²) in [6, 6.07) is 7.17. The van der Waals surface area contributed by atoms with Crippen molar-refractivity contribution in [1.29, 1.82) is 0 Å². The Kier molecular flexibility index (Phi) is 5.43. The van der Waals surface area contributed by atoms with Crippen LogP contribution in [0.2, 0.25) is 0 Å². The maximum absolute atomic E-state index is 10.9. The molecule has 1 unspecified atom stereocenters. The van der Waals surface area contributed by atoms with Gasteiger partial charge in [-0.1, -0.05) is 12.1 Å². The van der Waals surface area contributed by atoms with Gasteiger partial charge in [-0.3, -0.25) is 14.6 Å². The second-order valence-electron chi connectivity index (χ2n) is 5.00. The molecule has 1 aromatic carbocycles. The molecule has 3 rings (SSSR count). The van der Waals surface area contributed by atoms with Gasteiger partial charge in [-0.15, -0.1) is 0 Å². The number of carboxylic acids is 1. The number of carboxylic acid groups (broad SMARTS) is 1. The molecule has 2 N–H and O–H groups in total. The highest BCUT2D eigenvalue weighted by atomic mass is 16.5. The molecule has 0 radical (unpaired) electrons. The minimum absolute atomic E-state index is 0.0394. The fourth-order valence-electron chi connectivity index (χ4n) is 2.36. The van der Waals surface area contributed by atoms with Crippen LogP contribution in [0.3, 0.4) is 0 Å². The summed E-state index contributed by atoms with van der Waals surface area (Å²) in [6.45, 7) is 2.06. The van der Waals surface area contributed by atoms with E-state index in [9.17, 15) is 9.59 Å². The predicted octanol–water partition coefficient (Wildman–Crippen LogP) is 0.184. The van der Waals surface area contributed by atoms with Crippen LogP contribution in [-0.2, 0) is 14.3 Å². The lowest BCUT2D eigenvalue weighted by molar-refractivity contribution is -0.142. The molecule has 22 heavy (non-hydrogen) atoms. The number of fused-ring (bicyclic) bond motifs is 1. The Hall–Kier alpha value is -2.47. The topological polar surface area (TPSA) is 88.0 Å². The molecule has 1 saturated heterocycles. The predicted molar refractivity (Wildman–Crippen MR) is 80.1 cm³/mol. The Balaban J connectivity index is 0.000000160. The summed E-state index contributed by atoms with van der Waals surface area (Å²) < 4.78 is 5.02. The van der Waals surface area contributed by atoms with E-state index in [0.717, 1.165) is 10.6 Å². The first kappa shape index (κ1) is 15.9. The van der Waals surface area contributed by atoms with E-state index in [1.165, 1.54) is 6.92 Å². The van der Waals surface area contributed by atoms with Crippen molar-refractivity contribution in [1.82, 2.24) is 5.32 Å². The molecule has 0 spiro atoms. The minimum Gasteiger partial charge on any atom is -0.480 e. The zero-order chi connectivity index (χ0) is 15.9. The zero-order valence-corrected chi connectivity index (χ0v) is 12.2. The monoisotopic (exact) mass is 302 g/mol. The van der Waals surface area contributed by atoms with Crippen molar-refractivity contribution in [3.63, 3.8) is 0 Å².